The van der Waals surface area contributed by atoms with E-state index in [1.54, 1.807) is 49.4 Å². The molecule has 28 heavy (non-hydrogen) atoms. The van der Waals surface area contributed by atoms with Crippen LogP contribution in [0, 0.1) is 5.92 Å². The fourth-order valence-corrected chi connectivity index (χ4v) is 2.61. The zero-order valence-corrected chi connectivity index (χ0v) is 15.9. The van der Waals surface area contributed by atoms with Crippen molar-refractivity contribution in [2.75, 3.05) is 16.0 Å². The van der Waals surface area contributed by atoms with E-state index in [-0.39, 0.29) is 23.4 Å². The molecule has 5 N–H and O–H groups in total. The SMILES string of the molecule is CC(C)C(=O)Nc1ccc(N[C@H](C)C(=O)Nc2ccc3[nH]c(=O)[nH]c3c2)cc1. The lowest BCUT2D eigenvalue weighted by Crippen LogP contribution is -2.31. The molecule has 0 unspecified atom stereocenters. The number of carbonyl (C=O) groups is 2. The third-order valence-corrected chi connectivity index (χ3v) is 4.24. The fourth-order valence-electron chi connectivity index (χ4n) is 2.61. The maximum absolute atomic E-state index is 12.4. The fraction of sp³-hybridized carbons (Fsp3) is 0.250. The van der Waals surface area contributed by atoms with Gasteiger partial charge in [0.1, 0.15) is 6.04 Å². The van der Waals surface area contributed by atoms with Crippen LogP contribution in [0.25, 0.3) is 11.0 Å². The van der Waals surface area contributed by atoms with Gasteiger partial charge in [0.25, 0.3) is 0 Å². The Balaban J connectivity index is 1.60. The van der Waals surface area contributed by atoms with Crippen LogP contribution in [-0.4, -0.2) is 27.8 Å². The van der Waals surface area contributed by atoms with Gasteiger partial charge in [0.05, 0.1) is 11.0 Å². The van der Waals surface area contributed by atoms with Gasteiger partial charge in [0, 0.05) is 23.0 Å². The minimum absolute atomic E-state index is 0.0470. The van der Waals surface area contributed by atoms with Crippen LogP contribution in [0.5, 0.6) is 0 Å². The second-order valence-electron chi connectivity index (χ2n) is 6.92. The number of H-pyrrole nitrogens is 2. The average Bonchev–Trinajstić information content (AvgIpc) is 3.02. The summed E-state index contributed by atoms with van der Waals surface area (Å²) in [6.07, 6.45) is 0. The van der Waals surface area contributed by atoms with Crippen molar-refractivity contribution < 1.29 is 9.59 Å². The molecule has 2 amide bonds. The monoisotopic (exact) mass is 381 g/mol. The number of fused-ring (bicyclic) bond motifs is 1. The molecule has 0 aliphatic heterocycles. The van der Waals surface area contributed by atoms with Crippen molar-refractivity contribution >= 4 is 39.9 Å². The molecule has 0 saturated carbocycles. The zero-order chi connectivity index (χ0) is 20.3. The summed E-state index contributed by atoms with van der Waals surface area (Å²) in [6.45, 7) is 5.41. The molecule has 0 saturated heterocycles. The first kappa shape index (κ1) is 19.2. The van der Waals surface area contributed by atoms with Crippen LogP contribution in [0.1, 0.15) is 20.8 Å². The van der Waals surface area contributed by atoms with Gasteiger partial charge in [0.15, 0.2) is 0 Å². The van der Waals surface area contributed by atoms with Gasteiger partial charge >= 0.3 is 5.69 Å². The van der Waals surface area contributed by atoms with Crippen LogP contribution in [-0.2, 0) is 9.59 Å². The minimum Gasteiger partial charge on any atom is -0.374 e. The van der Waals surface area contributed by atoms with Crippen molar-refractivity contribution in [3.63, 3.8) is 0 Å². The largest absolute Gasteiger partial charge is 0.374 e. The molecule has 1 heterocycles. The molecule has 0 spiro atoms. The molecule has 0 aliphatic rings. The lowest BCUT2D eigenvalue weighted by atomic mass is 10.2. The molecule has 3 rings (SSSR count). The van der Waals surface area contributed by atoms with E-state index >= 15 is 0 Å². The molecule has 1 atom stereocenters. The molecule has 8 nitrogen and oxygen atoms in total. The minimum atomic E-state index is -0.489. The molecule has 0 bridgehead atoms. The van der Waals surface area contributed by atoms with Crippen LogP contribution < -0.4 is 21.6 Å². The number of carbonyl (C=O) groups excluding carboxylic acids is 2. The van der Waals surface area contributed by atoms with E-state index < -0.39 is 6.04 Å². The van der Waals surface area contributed by atoms with E-state index in [4.69, 9.17) is 0 Å². The Hall–Kier alpha value is -3.55. The third-order valence-electron chi connectivity index (χ3n) is 4.24. The van der Waals surface area contributed by atoms with Gasteiger partial charge in [0.2, 0.25) is 11.8 Å². The lowest BCUT2D eigenvalue weighted by molar-refractivity contribution is -0.119. The first-order valence-electron chi connectivity index (χ1n) is 9.02. The highest BCUT2D eigenvalue weighted by molar-refractivity contribution is 5.97. The summed E-state index contributed by atoms with van der Waals surface area (Å²) >= 11 is 0. The normalized spacial score (nSPS) is 12.0. The predicted octanol–water partition coefficient (Wildman–Crippen LogP) is 2.89. The van der Waals surface area contributed by atoms with E-state index in [1.165, 1.54) is 0 Å². The van der Waals surface area contributed by atoms with Crippen LogP contribution in [0.4, 0.5) is 17.1 Å². The second kappa shape index (κ2) is 7.99. The van der Waals surface area contributed by atoms with Gasteiger partial charge in [-0.3, -0.25) is 9.59 Å². The van der Waals surface area contributed by atoms with Crippen molar-refractivity contribution in [1.29, 1.82) is 0 Å². The topological polar surface area (TPSA) is 119 Å². The summed E-state index contributed by atoms with van der Waals surface area (Å²) in [5, 5.41) is 8.76. The second-order valence-corrected chi connectivity index (χ2v) is 6.92. The summed E-state index contributed by atoms with van der Waals surface area (Å²) < 4.78 is 0. The Morgan fingerprint density at radius 3 is 2.04 bits per heavy atom. The number of imidazole rings is 1. The lowest BCUT2D eigenvalue weighted by Gasteiger charge is -2.16. The molecule has 146 valence electrons. The smallest absolute Gasteiger partial charge is 0.323 e. The molecule has 0 aliphatic carbocycles. The van der Waals surface area contributed by atoms with Crippen molar-refractivity contribution in [2.24, 2.45) is 5.92 Å². The Labute approximate surface area is 161 Å². The summed E-state index contributed by atoms with van der Waals surface area (Å²) in [5.41, 5.74) is 3.07. The molecular formula is C20H23N5O3. The number of hydrogen-bond acceptors (Lipinski definition) is 4. The number of hydrogen-bond donors (Lipinski definition) is 5. The molecule has 1 aromatic heterocycles. The Morgan fingerprint density at radius 1 is 0.786 bits per heavy atom. The molecule has 0 fully saturated rings. The maximum Gasteiger partial charge on any atom is 0.323 e. The van der Waals surface area contributed by atoms with Crippen molar-refractivity contribution in [2.45, 2.75) is 26.8 Å². The first-order valence-corrected chi connectivity index (χ1v) is 9.02. The van der Waals surface area contributed by atoms with Crippen molar-refractivity contribution in [1.82, 2.24) is 9.97 Å². The van der Waals surface area contributed by atoms with Crippen LogP contribution in [0.3, 0.4) is 0 Å². The van der Waals surface area contributed by atoms with E-state index in [2.05, 4.69) is 25.9 Å². The van der Waals surface area contributed by atoms with E-state index in [1.807, 2.05) is 13.8 Å². The molecule has 2 aromatic carbocycles. The number of amides is 2. The number of aromatic nitrogens is 2. The third kappa shape index (κ3) is 4.59. The van der Waals surface area contributed by atoms with Crippen LogP contribution in [0.2, 0.25) is 0 Å². The zero-order valence-electron chi connectivity index (χ0n) is 15.9. The molecule has 3 aromatic rings. The summed E-state index contributed by atoms with van der Waals surface area (Å²) in [7, 11) is 0. The van der Waals surface area contributed by atoms with E-state index in [0.717, 1.165) is 5.69 Å². The maximum atomic E-state index is 12.4. The molecule has 0 radical (unpaired) electrons. The van der Waals surface area contributed by atoms with Crippen LogP contribution in [0.15, 0.2) is 47.3 Å². The van der Waals surface area contributed by atoms with Gasteiger partial charge in [-0.05, 0) is 49.4 Å². The Morgan fingerprint density at radius 2 is 1.36 bits per heavy atom. The van der Waals surface area contributed by atoms with Crippen molar-refractivity contribution in [3.05, 3.63) is 52.9 Å². The average molecular weight is 381 g/mol. The number of anilines is 3. The highest BCUT2D eigenvalue weighted by Gasteiger charge is 2.14. The molecule has 8 heteroatoms. The van der Waals surface area contributed by atoms with Gasteiger partial charge in [-0.25, -0.2) is 4.79 Å². The van der Waals surface area contributed by atoms with Gasteiger partial charge in [-0.15, -0.1) is 0 Å². The van der Waals surface area contributed by atoms with Crippen LogP contribution >= 0.6 is 0 Å². The number of rotatable bonds is 6. The quantitative estimate of drug-likeness (QED) is 0.451. The molecular weight excluding hydrogens is 358 g/mol. The Bertz CT molecular complexity index is 1050. The summed E-state index contributed by atoms with van der Waals surface area (Å²) in [4.78, 5) is 40.8. The highest BCUT2D eigenvalue weighted by atomic mass is 16.2. The van der Waals surface area contributed by atoms with Gasteiger partial charge in [-0.1, -0.05) is 13.8 Å². The number of aromatic amines is 2. The summed E-state index contributed by atoms with van der Waals surface area (Å²) in [5.74, 6) is -0.353. The summed E-state index contributed by atoms with van der Waals surface area (Å²) in [6, 6.07) is 11.8. The Kier molecular flexibility index (Phi) is 5.49. The first-order chi connectivity index (χ1) is 13.3. The number of benzene rings is 2. The predicted molar refractivity (Wildman–Crippen MR) is 111 cm³/mol. The van der Waals surface area contributed by atoms with E-state index in [9.17, 15) is 14.4 Å². The standard InChI is InChI=1S/C20H23N5O3/c1-11(2)18(26)22-14-6-4-13(5-7-14)21-12(3)19(27)23-15-8-9-16-17(10-15)25-20(28)24-16/h4-12,21H,1-3H3,(H,22,26)(H,23,27)(H2,24,25,28)/t12-/m1/s1. The van der Waals surface area contributed by atoms with Gasteiger partial charge in [-0.2, -0.15) is 0 Å². The highest BCUT2D eigenvalue weighted by Crippen LogP contribution is 2.17. The number of nitrogens with one attached hydrogen (secondary N) is 5. The van der Waals surface area contributed by atoms with Crippen molar-refractivity contribution in [3.8, 4) is 0 Å². The van der Waals surface area contributed by atoms with E-state index in [0.29, 0.717) is 22.4 Å². The van der Waals surface area contributed by atoms with Gasteiger partial charge < -0.3 is 25.9 Å².